The molecular formula is C11H24N2O2. The number of nitrogens with one attached hydrogen (secondary N) is 1. The topological polar surface area (TPSA) is 41.6 Å². The van der Waals surface area contributed by atoms with Crippen LogP contribution in [0, 0.1) is 0 Å². The summed E-state index contributed by atoms with van der Waals surface area (Å²) in [4.78, 5) is 13.3. The maximum atomic E-state index is 11.5. The van der Waals surface area contributed by atoms with Crippen LogP contribution in [0.25, 0.3) is 0 Å². The minimum absolute atomic E-state index is 0.169. The molecule has 0 saturated carbocycles. The van der Waals surface area contributed by atoms with Crippen LogP contribution in [-0.4, -0.2) is 50.2 Å². The van der Waals surface area contributed by atoms with Gasteiger partial charge in [0.05, 0.1) is 6.61 Å². The predicted molar refractivity (Wildman–Crippen MR) is 61.9 cm³/mol. The van der Waals surface area contributed by atoms with Gasteiger partial charge in [-0.3, -0.25) is 4.79 Å². The van der Waals surface area contributed by atoms with Gasteiger partial charge in [-0.15, -0.1) is 0 Å². The number of nitrogens with zero attached hydrogens (tertiary/aromatic N) is 1. The molecule has 90 valence electrons. The van der Waals surface area contributed by atoms with Crippen LogP contribution in [0.3, 0.4) is 0 Å². The van der Waals surface area contributed by atoms with Crippen molar-refractivity contribution in [2.75, 3.05) is 33.4 Å². The van der Waals surface area contributed by atoms with E-state index in [2.05, 4.69) is 19.2 Å². The predicted octanol–water partition coefficient (Wildman–Crippen LogP) is 0.869. The zero-order chi connectivity index (χ0) is 11.7. The summed E-state index contributed by atoms with van der Waals surface area (Å²) in [5.74, 6) is 0.169. The molecule has 0 heterocycles. The Bertz CT molecular complexity index is 172. The average molecular weight is 216 g/mol. The van der Waals surface area contributed by atoms with Crippen LogP contribution in [0.1, 0.15) is 27.2 Å². The first kappa shape index (κ1) is 14.4. The van der Waals surface area contributed by atoms with Gasteiger partial charge in [0.2, 0.25) is 5.91 Å². The van der Waals surface area contributed by atoms with E-state index in [-0.39, 0.29) is 5.91 Å². The van der Waals surface area contributed by atoms with Crippen molar-refractivity contribution < 1.29 is 9.53 Å². The fourth-order valence-electron chi connectivity index (χ4n) is 1.13. The average Bonchev–Trinajstić information content (AvgIpc) is 2.17. The Kier molecular flexibility index (Phi) is 8.33. The van der Waals surface area contributed by atoms with Crippen LogP contribution in [0.15, 0.2) is 0 Å². The van der Waals surface area contributed by atoms with Gasteiger partial charge in [-0.25, -0.2) is 0 Å². The van der Waals surface area contributed by atoms with Crippen LogP contribution < -0.4 is 5.32 Å². The first-order chi connectivity index (χ1) is 7.07. The maximum absolute atomic E-state index is 11.5. The summed E-state index contributed by atoms with van der Waals surface area (Å²) < 4.78 is 5.19. The molecule has 0 aromatic carbocycles. The second-order valence-electron chi connectivity index (χ2n) is 3.87. The number of carbonyl (C=O) groups excluding carboxylic acids is 1. The number of hydrogen-bond donors (Lipinski definition) is 1. The van der Waals surface area contributed by atoms with Crippen LogP contribution >= 0.6 is 0 Å². The summed E-state index contributed by atoms with van der Waals surface area (Å²) >= 11 is 0. The Balaban J connectivity index is 3.51. The lowest BCUT2D eigenvalue weighted by atomic mass is 10.3. The third kappa shape index (κ3) is 8.39. The fourth-order valence-corrected chi connectivity index (χ4v) is 1.13. The van der Waals surface area contributed by atoms with E-state index in [1.54, 1.807) is 4.90 Å². The highest BCUT2D eigenvalue weighted by Gasteiger charge is 2.07. The Labute approximate surface area is 93.0 Å². The first-order valence-electron chi connectivity index (χ1n) is 5.63. The smallest absolute Gasteiger partial charge is 0.223 e. The van der Waals surface area contributed by atoms with Gasteiger partial charge in [0.1, 0.15) is 0 Å². The summed E-state index contributed by atoms with van der Waals surface area (Å²) in [5.41, 5.74) is 0. The number of ether oxygens (including phenoxy) is 1. The van der Waals surface area contributed by atoms with Crippen molar-refractivity contribution in [2.45, 2.75) is 33.2 Å². The number of carbonyl (C=O) groups is 1. The molecule has 0 aromatic rings. The molecule has 0 saturated heterocycles. The molecule has 0 unspecified atom stereocenters. The summed E-state index contributed by atoms with van der Waals surface area (Å²) in [6, 6.07) is 0.437. The number of amides is 1. The molecule has 4 heteroatoms. The van der Waals surface area contributed by atoms with E-state index in [9.17, 15) is 4.79 Å². The fraction of sp³-hybridized carbons (Fsp3) is 0.909. The lowest BCUT2D eigenvalue weighted by Gasteiger charge is -2.17. The van der Waals surface area contributed by atoms with Crippen LogP contribution in [0.4, 0.5) is 0 Å². The molecule has 0 radical (unpaired) electrons. The van der Waals surface area contributed by atoms with Gasteiger partial charge in [0.25, 0.3) is 0 Å². The van der Waals surface area contributed by atoms with Gasteiger partial charge < -0.3 is 15.0 Å². The molecule has 1 N–H and O–H groups in total. The van der Waals surface area contributed by atoms with Crippen LogP contribution in [-0.2, 0) is 9.53 Å². The van der Waals surface area contributed by atoms with Crippen molar-refractivity contribution in [1.29, 1.82) is 0 Å². The van der Waals surface area contributed by atoms with E-state index in [4.69, 9.17) is 4.74 Å². The standard InChI is InChI=1S/C11H24N2O2/c1-5-15-9-8-13(4)11(14)6-7-12-10(2)3/h10,12H,5-9H2,1-4H3. The Morgan fingerprint density at radius 1 is 1.47 bits per heavy atom. The minimum atomic E-state index is 0.169. The van der Waals surface area contributed by atoms with Gasteiger partial charge in [-0.05, 0) is 6.92 Å². The zero-order valence-electron chi connectivity index (χ0n) is 10.4. The first-order valence-corrected chi connectivity index (χ1v) is 5.63. The molecule has 4 nitrogen and oxygen atoms in total. The SMILES string of the molecule is CCOCCN(C)C(=O)CCNC(C)C. The minimum Gasteiger partial charge on any atom is -0.380 e. The largest absolute Gasteiger partial charge is 0.380 e. The van der Waals surface area contributed by atoms with Gasteiger partial charge in [-0.2, -0.15) is 0 Å². The van der Waals surface area contributed by atoms with Crippen LogP contribution in [0.2, 0.25) is 0 Å². The van der Waals surface area contributed by atoms with E-state index in [0.29, 0.717) is 32.2 Å². The van der Waals surface area contributed by atoms with E-state index in [1.807, 2.05) is 14.0 Å². The molecule has 0 aliphatic rings. The number of likely N-dealkylation sites (N-methyl/N-ethyl adjacent to an activating group) is 1. The molecule has 0 aromatic heterocycles. The molecule has 0 fully saturated rings. The highest BCUT2D eigenvalue weighted by atomic mass is 16.5. The Morgan fingerprint density at radius 3 is 2.67 bits per heavy atom. The molecule has 0 aliphatic heterocycles. The van der Waals surface area contributed by atoms with Crippen molar-refractivity contribution in [3.05, 3.63) is 0 Å². The summed E-state index contributed by atoms with van der Waals surface area (Å²) in [5, 5.41) is 3.22. The second kappa shape index (κ2) is 8.68. The normalized spacial score (nSPS) is 10.7. The van der Waals surface area contributed by atoms with E-state index >= 15 is 0 Å². The molecule has 0 spiro atoms. The van der Waals surface area contributed by atoms with Crippen molar-refractivity contribution in [1.82, 2.24) is 10.2 Å². The lowest BCUT2D eigenvalue weighted by molar-refractivity contribution is -0.130. The number of rotatable bonds is 8. The molecule has 0 bridgehead atoms. The van der Waals surface area contributed by atoms with Gasteiger partial charge in [0.15, 0.2) is 0 Å². The summed E-state index contributed by atoms with van der Waals surface area (Å²) in [7, 11) is 1.82. The van der Waals surface area contributed by atoms with Crippen molar-refractivity contribution in [3.8, 4) is 0 Å². The number of hydrogen-bond acceptors (Lipinski definition) is 3. The molecule has 1 amide bonds. The molecular weight excluding hydrogens is 192 g/mol. The quantitative estimate of drug-likeness (QED) is 0.612. The van der Waals surface area contributed by atoms with Gasteiger partial charge >= 0.3 is 0 Å². The summed E-state index contributed by atoms with van der Waals surface area (Å²) in [6.45, 7) is 8.85. The van der Waals surface area contributed by atoms with E-state index in [1.165, 1.54) is 0 Å². The molecule has 15 heavy (non-hydrogen) atoms. The van der Waals surface area contributed by atoms with E-state index in [0.717, 1.165) is 6.54 Å². The molecule has 0 atom stereocenters. The van der Waals surface area contributed by atoms with Crippen molar-refractivity contribution >= 4 is 5.91 Å². The van der Waals surface area contributed by atoms with Crippen molar-refractivity contribution in [3.63, 3.8) is 0 Å². The molecule has 0 aliphatic carbocycles. The van der Waals surface area contributed by atoms with Gasteiger partial charge in [0, 0.05) is 39.2 Å². The lowest BCUT2D eigenvalue weighted by Crippen LogP contribution is -2.33. The maximum Gasteiger partial charge on any atom is 0.223 e. The third-order valence-electron chi connectivity index (χ3n) is 2.09. The molecule has 0 rings (SSSR count). The Morgan fingerprint density at radius 2 is 2.13 bits per heavy atom. The Hall–Kier alpha value is -0.610. The van der Waals surface area contributed by atoms with Gasteiger partial charge in [-0.1, -0.05) is 13.8 Å². The second-order valence-corrected chi connectivity index (χ2v) is 3.87. The highest BCUT2D eigenvalue weighted by Crippen LogP contribution is 1.91. The zero-order valence-corrected chi connectivity index (χ0v) is 10.4. The summed E-state index contributed by atoms with van der Waals surface area (Å²) in [6.07, 6.45) is 0.556. The highest BCUT2D eigenvalue weighted by molar-refractivity contribution is 5.76. The monoisotopic (exact) mass is 216 g/mol. The van der Waals surface area contributed by atoms with E-state index < -0.39 is 0 Å². The third-order valence-corrected chi connectivity index (χ3v) is 2.09. The van der Waals surface area contributed by atoms with Crippen molar-refractivity contribution in [2.24, 2.45) is 0 Å². The van der Waals surface area contributed by atoms with Crippen LogP contribution in [0.5, 0.6) is 0 Å².